The standard InChI is InChI=1S/C8H9N5O2S2/c9-17(14,15)8-12-11-7(6-3-10-4-16-6)13(8)5-1-2-5/h3-5H,1-2H2,(H2,9,14,15). The minimum atomic E-state index is -3.84. The zero-order valence-electron chi connectivity index (χ0n) is 8.65. The molecule has 0 bridgehead atoms. The van der Waals surface area contributed by atoms with Crippen molar-refractivity contribution in [2.75, 3.05) is 0 Å². The van der Waals surface area contributed by atoms with E-state index in [9.17, 15) is 8.42 Å². The van der Waals surface area contributed by atoms with Crippen molar-refractivity contribution in [1.82, 2.24) is 19.7 Å². The molecule has 1 saturated carbocycles. The molecule has 90 valence electrons. The van der Waals surface area contributed by atoms with Crippen molar-refractivity contribution in [3.63, 3.8) is 0 Å². The predicted octanol–water partition coefficient (Wildman–Crippen LogP) is 0.384. The van der Waals surface area contributed by atoms with Crippen LogP contribution in [0, 0.1) is 0 Å². The van der Waals surface area contributed by atoms with E-state index in [2.05, 4.69) is 15.2 Å². The molecule has 0 spiro atoms. The first-order valence-corrected chi connectivity index (χ1v) is 7.36. The number of sulfonamides is 1. The third kappa shape index (κ3) is 1.85. The van der Waals surface area contributed by atoms with Crippen LogP contribution in [0.4, 0.5) is 0 Å². The number of nitrogens with two attached hydrogens (primary N) is 1. The molecule has 1 fully saturated rings. The Kier molecular flexibility index (Phi) is 2.28. The van der Waals surface area contributed by atoms with Crippen LogP contribution in [-0.4, -0.2) is 28.2 Å². The minimum Gasteiger partial charge on any atom is -0.293 e. The lowest BCUT2D eigenvalue weighted by molar-refractivity contribution is 0.567. The molecule has 0 radical (unpaired) electrons. The Labute approximate surface area is 101 Å². The molecule has 0 aromatic carbocycles. The van der Waals surface area contributed by atoms with E-state index in [1.807, 2.05) is 0 Å². The third-order valence-corrected chi connectivity index (χ3v) is 4.04. The van der Waals surface area contributed by atoms with E-state index in [4.69, 9.17) is 5.14 Å². The molecule has 2 aromatic heterocycles. The third-order valence-electron chi connectivity index (χ3n) is 2.48. The number of primary sulfonamides is 1. The van der Waals surface area contributed by atoms with Gasteiger partial charge in [-0.2, -0.15) is 0 Å². The van der Waals surface area contributed by atoms with Crippen LogP contribution in [0.25, 0.3) is 10.7 Å². The van der Waals surface area contributed by atoms with E-state index in [1.165, 1.54) is 11.3 Å². The van der Waals surface area contributed by atoms with E-state index in [0.29, 0.717) is 5.82 Å². The molecule has 9 heteroatoms. The van der Waals surface area contributed by atoms with Crippen LogP contribution in [0.1, 0.15) is 18.9 Å². The molecule has 0 amide bonds. The second-order valence-electron chi connectivity index (χ2n) is 3.82. The van der Waals surface area contributed by atoms with E-state index in [-0.39, 0.29) is 11.2 Å². The molecule has 7 nitrogen and oxygen atoms in total. The van der Waals surface area contributed by atoms with Gasteiger partial charge in [0.1, 0.15) is 0 Å². The summed E-state index contributed by atoms with van der Waals surface area (Å²) in [5.41, 5.74) is 1.66. The number of nitrogens with zero attached hydrogens (tertiary/aromatic N) is 4. The molecule has 0 saturated heterocycles. The van der Waals surface area contributed by atoms with Crippen LogP contribution in [0.3, 0.4) is 0 Å². The first-order chi connectivity index (χ1) is 8.07. The van der Waals surface area contributed by atoms with Gasteiger partial charge in [0.25, 0.3) is 15.2 Å². The largest absolute Gasteiger partial charge is 0.293 e. The number of thiazole rings is 1. The fourth-order valence-corrected chi connectivity index (χ4v) is 2.89. The number of hydrogen-bond donors (Lipinski definition) is 1. The van der Waals surface area contributed by atoms with Crippen molar-refractivity contribution in [2.45, 2.75) is 24.0 Å². The first-order valence-electron chi connectivity index (χ1n) is 4.94. The van der Waals surface area contributed by atoms with Crippen LogP contribution in [-0.2, 0) is 10.0 Å². The van der Waals surface area contributed by atoms with Crippen molar-refractivity contribution >= 4 is 21.4 Å². The van der Waals surface area contributed by atoms with Gasteiger partial charge in [0.05, 0.1) is 10.4 Å². The maximum Gasteiger partial charge on any atom is 0.273 e. The molecule has 2 aromatic rings. The van der Waals surface area contributed by atoms with Crippen molar-refractivity contribution in [3.8, 4) is 10.7 Å². The second-order valence-corrected chi connectivity index (χ2v) is 6.16. The fourth-order valence-electron chi connectivity index (χ4n) is 1.63. The Hall–Kier alpha value is -1.32. The molecule has 0 atom stereocenters. The Balaban J connectivity index is 2.21. The summed E-state index contributed by atoms with van der Waals surface area (Å²) in [6.07, 6.45) is 3.49. The molecule has 2 heterocycles. The van der Waals surface area contributed by atoms with Gasteiger partial charge in [-0.25, -0.2) is 13.6 Å². The van der Waals surface area contributed by atoms with Crippen LogP contribution in [0.2, 0.25) is 0 Å². The van der Waals surface area contributed by atoms with E-state index < -0.39 is 10.0 Å². The van der Waals surface area contributed by atoms with Crippen LogP contribution in [0.15, 0.2) is 16.9 Å². The molecule has 3 rings (SSSR count). The van der Waals surface area contributed by atoms with Gasteiger partial charge in [0.15, 0.2) is 5.82 Å². The Morgan fingerprint density at radius 2 is 2.18 bits per heavy atom. The normalized spacial score (nSPS) is 16.3. The van der Waals surface area contributed by atoms with Gasteiger partial charge in [0, 0.05) is 12.2 Å². The highest BCUT2D eigenvalue weighted by molar-refractivity contribution is 7.89. The number of aromatic nitrogens is 4. The van der Waals surface area contributed by atoms with Crippen molar-refractivity contribution in [1.29, 1.82) is 0 Å². The monoisotopic (exact) mass is 271 g/mol. The molecular weight excluding hydrogens is 262 g/mol. The molecule has 1 aliphatic carbocycles. The van der Waals surface area contributed by atoms with Crippen molar-refractivity contribution < 1.29 is 8.42 Å². The van der Waals surface area contributed by atoms with Gasteiger partial charge < -0.3 is 0 Å². The van der Waals surface area contributed by atoms with Gasteiger partial charge in [-0.1, -0.05) is 0 Å². The second kappa shape index (κ2) is 3.59. The SMILES string of the molecule is NS(=O)(=O)c1nnc(-c2cncs2)n1C1CC1. The highest BCUT2D eigenvalue weighted by Crippen LogP contribution is 2.40. The average Bonchev–Trinajstić information content (AvgIpc) is 2.81. The molecule has 0 unspecified atom stereocenters. The Morgan fingerprint density at radius 3 is 2.71 bits per heavy atom. The maximum atomic E-state index is 11.4. The van der Waals surface area contributed by atoms with E-state index in [1.54, 1.807) is 16.3 Å². The quantitative estimate of drug-likeness (QED) is 0.869. The Morgan fingerprint density at radius 1 is 1.41 bits per heavy atom. The highest BCUT2D eigenvalue weighted by Gasteiger charge is 2.33. The van der Waals surface area contributed by atoms with Crippen LogP contribution < -0.4 is 5.14 Å². The fraction of sp³-hybridized carbons (Fsp3) is 0.375. The van der Waals surface area contributed by atoms with Gasteiger partial charge in [-0.05, 0) is 12.8 Å². The lowest BCUT2D eigenvalue weighted by Crippen LogP contribution is -2.18. The summed E-state index contributed by atoms with van der Waals surface area (Å²) in [5.74, 6) is 0.527. The molecule has 0 aliphatic heterocycles. The molecule has 17 heavy (non-hydrogen) atoms. The van der Waals surface area contributed by atoms with Crippen molar-refractivity contribution in [3.05, 3.63) is 11.7 Å². The minimum absolute atomic E-state index is 0.135. The highest BCUT2D eigenvalue weighted by atomic mass is 32.2. The smallest absolute Gasteiger partial charge is 0.273 e. The summed E-state index contributed by atoms with van der Waals surface area (Å²) in [7, 11) is -3.84. The predicted molar refractivity (Wildman–Crippen MR) is 60.8 cm³/mol. The maximum absolute atomic E-state index is 11.4. The van der Waals surface area contributed by atoms with Gasteiger partial charge >= 0.3 is 0 Å². The number of rotatable bonds is 3. The van der Waals surface area contributed by atoms with Crippen LogP contribution >= 0.6 is 11.3 Å². The summed E-state index contributed by atoms with van der Waals surface area (Å²) in [6, 6.07) is 0.135. The lowest BCUT2D eigenvalue weighted by atomic mass is 10.5. The zero-order valence-corrected chi connectivity index (χ0v) is 10.3. The Bertz CT molecular complexity index is 642. The summed E-state index contributed by atoms with van der Waals surface area (Å²) in [5, 5.41) is 12.6. The van der Waals surface area contributed by atoms with Gasteiger partial charge in [0.2, 0.25) is 0 Å². The summed E-state index contributed by atoms with van der Waals surface area (Å²) in [4.78, 5) is 4.74. The average molecular weight is 271 g/mol. The summed E-state index contributed by atoms with van der Waals surface area (Å²) < 4.78 is 24.4. The van der Waals surface area contributed by atoms with Gasteiger partial charge in [-0.15, -0.1) is 21.5 Å². The van der Waals surface area contributed by atoms with Gasteiger partial charge in [-0.3, -0.25) is 9.55 Å². The molecule has 2 N–H and O–H groups in total. The van der Waals surface area contributed by atoms with Crippen LogP contribution in [0.5, 0.6) is 0 Å². The summed E-state index contributed by atoms with van der Waals surface area (Å²) >= 11 is 1.39. The van der Waals surface area contributed by atoms with E-state index in [0.717, 1.165) is 17.7 Å². The topological polar surface area (TPSA) is 104 Å². The zero-order chi connectivity index (χ0) is 12.0. The summed E-state index contributed by atoms with van der Waals surface area (Å²) in [6.45, 7) is 0. The van der Waals surface area contributed by atoms with E-state index >= 15 is 0 Å². The lowest BCUT2D eigenvalue weighted by Gasteiger charge is -2.05. The first kappa shape index (κ1) is 10.8. The van der Waals surface area contributed by atoms with Crippen molar-refractivity contribution in [2.24, 2.45) is 5.14 Å². The molecular formula is C8H9N5O2S2. The number of hydrogen-bond acceptors (Lipinski definition) is 6. The molecule has 1 aliphatic rings.